The van der Waals surface area contributed by atoms with Gasteiger partial charge in [0.2, 0.25) is 0 Å². The lowest BCUT2D eigenvalue weighted by Gasteiger charge is -2.22. The molecule has 7 heteroatoms. The Kier molecular flexibility index (Phi) is 3.18. The molecule has 0 aliphatic carbocycles. The van der Waals surface area contributed by atoms with E-state index < -0.39 is 0 Å². The van der Waals surface area contributed by atoms with Crippen LogP contribution in [0.3, 0.4) is 0 Å². The number of thiophene rings is 1. The zero-order valence-corrected chi connectivity index (χ0v) is 12.4. The van der Waals surface area contributed by atoms with E-state index in [0.717, 1.165) is 28.8 Å². The highest BCUT2D eigenvalue weighted by Gasteiger charge is 2.32. The van der Waals surface area contributed by atoms with E-state index in [1.807, 2.05) is 14.0 Å². The molecule has 0 aromatic carbocycles. The Morgan fingerprint density at radius 3 is 3.00 bits per heavy atom. The van der Waals surface area contributed by atoms with E-state index >= 15 is 0 Å². The van der Waals surface area contributed by atoms with Gasteiger partial charge in [0.1, 0.15) is 9.71 Å². The van der Waals surface area contributed by atoms with Crippen LogP contribution in [0.15, 0.2) is 0 Å². The fraction of sp³-hybridized carbons (Fsp3) is 0.538. The Hall–Kier alpha value is -1.60. The minimum Gasteiger partial charge on any atom is -0.397 e. The SMILES string of the molecule is Cc1nn(C)c2sc(C(=O)N3CCCC3CO)c(N)c12. The topological polar surface area (TPSA) is 84.4 Å². The summed E-state index contributed by atoms with van der Waals surface area (Å²) in [7, 11) is 1.85. The fourth-order valence-corrected chi connectivity index (χ4v) is 4.05. The molecule has 3 N–H and O–H groups in total. The highest BCUT2D eigenvalue weighted by atomic mass is 32.1. The van der Waals surface area contributed by atoms with Gasteiger partial charge in [-0.15, -0.1) is 11.3 Å². The third-order valence-corrected chi connectivity index (χ3v) is 5.19. The number of rotatable bonds is 2. The number of anilines is 1. The first-order valence-electron chi connectivity index (χ1n) is 6.68. The number of nitrogens with two attached hydrogens (primary N) is 1. The molecule has 2 aromatic rings. The van der Waals surface area contributed by atoms with Crippen molar-refractivity contribution in [2.75, 3.05) is 18.9 Å². The average Bonchev–Trinajstić information content (AvgIpc) is 3.07. The molecule has 2 aromatic heterocycles. The zero-order chi connectivity index (χ0) is 14.4. The van der Waals surface area contributed by atoms with E-state index in [9.17, 15) is 9.90 Å². The van der Waals surface area contributed by atoms with Gasteiger partial charge in [-0.3, -0.25) is 9.48 Å². The number of nitrogen functional groups attached to an aromatic ring is 1. The van der Waals surface area contributed by atoms with Gasteiger partial charge in [-0.1, -0.05) is 0 Å². The van der Waals surface area contributed by atoms with Crippen LogP contribution in [0.4, 0.5) is 5.69 Å². The lowest BCUT2D eigenvalue weighted by atomic mass is 10.2. The molecule has 108 valence electrons. The van der Waals surface area contributed by atoms with Gasteiger partial charge in [0.15, 0.2) is 0 Å². The molecule has 0 saturated carbocycles. The summed E-state index contributed by atoms with van der Waals surface area (Å²) in [6, 6.07) is -0.0775. The molecule has 1 aliphatic heterocycles. The normalized spacial score (nSPS) is 19.1. The molecule has 1 unspecified atom stereocenters. The lowest BCUT2D eigenvalue weighted by Crippen LogP contribution is -2.37. The van der Waals surface area contributed by atoms with Crippen LogP contribution in [-0.4, -0.2) is 44.9 Å². The van der Waals surface area contributed by atoms with Gasteiger partial charge in [-0.25, -0.2) is 0 Å². The van der Waals surface area contributed by atoms with Crippen molar-refractivity contribution in [3.63, 3.8) is 0 Å². The van der Waals surface area contributed by atoms with Crippen LogP contribution >= 0.6 is 11.3 Å². The van der Waals surface area contributed by atoms with Crippen molar-refractivity contribution in [3.05, 3.63) is 10.6 Å². The first-order valence-corrected chi connectivity index (χ1v) is 7.49. The molecule has 20 heavy (non-hydrogen) atoms. The standard InChI is InChI=1S/C13H18N4O2S/c1-7-9-10(14)11(20-13(9)16(2)15-7)12(19)17-5-3-4-8(17)6-18/h8,18H,3-6,14H2,1-2H3. The molecule has 1 fully saturated rings. The Morgan fingerprint density at radius 2 is 2.35 bits per heavy atom. The van der Waals surface area contributed by atoms with Crippen LogP contribution in [0.25, 0.3) is 10.2 Å². The predicted molar refractivity (Wildman–Crippen MR) is 78.9 cm³/mol. The first-order chi connectivity index (χ1) is 9.54. The van der Waals surface area contributed by atoms with Crippen LogP contribution in [-0.2, 0) is 7.05 Å². The quantitative estimate of drug-likeness (QED) is 0.869. The van der Waals surface area contributed by atoms with Crippen molar-refractivity contribution in [1.29, 1.82) is 0 Å². The number of likely N-dealkylation sites (tertiary alicyclic amines) is 1. The van der Waals surface area contributed by atoms with Crippen molar-refractivity contribution in [3.8, 4) is 0 Å². The molecule has 3 rings (SSSR count). The van der Waals surface area contributed by atoms with Crippen molar-refractivity contribution in [2.24, 2.45) is 7.05 Å². The summed E-state index contributed by atoms with van der Waals surface area (Å²) in [6.45, 7) is 2.60. The molecule has 0 spiro atoms. The van der Waals surface area contributed by atoms with Gasteiger partial charge in [0.05, 0.1) is 29.4 Å². The molecule has 0 radical (unpaired) electrons. The molecular formula is C13H18N4O2S. The van der Waals surface area contributed by atoms with E-state index in [-0.39, 0.29) is 18.6 Å². The van der Waals surface area contributed by atoms with Gasteiger partial charge in [0.25, 0.3) is 5.91 Å². The van der Waals surface area contributed by atoms with E-state index in [0.29, 0.717) is 17.1 Å². The van der Waals surface area contributed by atoms with Gasteiger partial charge >= 0.3 is 0 Å². The van der Waals surface area contributed by atoms with E-state index in [1.54, 1.807) is 9.58 Å². The summed E-state index contributed by atoms with van der Waals surface area (Å²) < 4.78 is 1.76. The summed E-state index contributed by atoms with van der Waals surface area (Å²) >= 11 is 1.38. The Labute approximate surface area is 120 Å². The van der Waals surface area contributed by atoms with Gasteiger partial charge < -0.3 is 15.7 Å². The molecule has 1 amide bonds. The van der Waals surface area contributed by atoms with E-state index in [2.05, 4.69) is 5.10 Å². The molecule has 3 heterocycles. The zero-order valence-electron chi connectivity index (χ0n) is 11.6. The minimum absolute atomic E-state index is 0.0110. The van der Waals surface area contributed by atoms with Crippen LogP contribution < -0.4 is 5.73 Å². The Balaban J connectivity index is 2.04. The highest BCUT2D eigenvalue weighted by Crippen LogP contribution is 2.37. The van der Waals surface area contributed by atoms with Gasteiger partial charge in [-0.2, -0.15) is 5.10 Å². The Morgan fingerprint density at radius 1 is 1.60 bits per heavy atom. The summed E-state index contributed by atoms with van der Waals surface area (Å²) in [6.07, 6.45) is 1.79. The summed E-state index contributed by atoms with van der Waals surface area (Å²) in [5.74, 6) is -0.0698. The van der Waals surface area contributed by atoms with Crippen LogP contribution in [0, 0.1) is 6.92 Å². The van der Waals surface area contributed by atoms with Crippen molar-refractivity contribution in [2.45, 2.75) is 25.8 Å². The summed E-state index contributed by atoms with van der Waals surface area (Å²) in [5.41, 5.74) is 7.52. The number of hydrogen-bond donors (Lipinski definition) is 2. The van der Waals surface area contributed by atoms with E-state index in [1.165, 1.54) is 11.3 Å². The largest absolute Gasteiger partial charge is 0.397 e. The third kappa shape index (κ3) is 1.81. The Bertz CT molecular complexity index is 676. The maximum absolute atomic E-state index is 12.6. The number of aryl methyl sites for hydroxylation is 2. The summed E-state index contributed by atoms with van der Waals surface area (Å²) in [5, 5.41) is 14.6. The maximum atomic E-state index is 12.6. The minimum atomic E-state index is -0.0775. The van der Waals surface area contributed by atoms with Crippen LogP contribution in [0.5, 0.6) is 0 Å². The summed E-state index contributed by atoms with van der Waals surface area (Å²) in [4.78, 5) is 15.9. The van der Waals surface area contributed by atoms with Crippen LogP contribution in [0.1, 0.15) is 28.2 Å². The second kappa shape index (κ2) is 4.75. The lowest BCUT2D eigenvalue weighted by molar-refractivity contribution is 0.0683. The predicted octanol–water partition coefficient (Wildman–Crippen LogP) is 1.12. The number of fused-ring (bicyclic) bond motifs is 1. The van der Waals surface area contributed by atoms with Crippen LogP contribution in [0.2, 0.25) is 0 Å². The number of carbonyl (C=O) groups is 1. The number of aromatic nitrogens is 2. The first kappa shape index (κ1) is 13.4. The van der Waals surface area contributed by atoms with Gasteiger partial charge in [-0.05, 0) is 19.8 Å². The second-order valence-electron chi connectivity index (χ2n) is 5.21. The molecule has 1 saturated heterocycles. The molecule has 6 nitrogen and oxygen atoms in total. The number of aliphatic hydroxyl groups is 1. The molecule has 1 atom stereocenters. The number of amides is 1. The monoisotopic (exact) mass is 294 g/mol. The average molecular weight is 294 g/mol. The third-order valence-electron chi connectivity index (χ3n) is 3.93. The fourth-order valence-electron chi connectivity index (χ4n) is 2.91. The van der Waals surface area contributed by atoms with Crippen molar-refractivity contribution < 1.29 is 9.90 Å². The highest BCUT2D eigenvalue weighted by molar-refractivity contribution is 7.21. The van der Waals surface area contributed by atoms with Crippen molar-refractivity contribution >= 4 is 33.1 Å². The van der Waals surface area contributed by atoms with E-state index in [4.69, 9.17) is 5.73 Å². The smallest absolute Gasteiger partial charge is 0.266 e. The number of nitrogens with zero attached hydrogens (tertiary/aromatic N) is 3. The molecular weight excluding hydrogens is 276 g/mol. The number of hydrogen-bond acceptors (Lipinski definition) is 5. The maximum Gasteiger partial charge on any atom is 0.266 e. The van der Waals surface area contributed by atoms with Crippen molar-refractivity contribution in [1.82, 2.24) is 14.7 Å². The van der Waals surface area contributed by atoms with Gasteiger partial charge in [0, 0.05) is 13.6 Å². The molecule has 1 aliphatic rings. The number of carbonyl (C=O) groups excluding carboxylic acids is 1. The molecule has 0 bridgehead atoms. The second-order valence-corrected chi connectivity index (χ2v) is 6.21. The number of aliphatic hydroxyl groups excluding tert-OH is 1.